The van der Waals surface area contributed by atoms with E-state index in [0.717, 1.165) is 11.1 Å². The normalized spacial score (nSPS) is 13.8. The number of hydrogen-bond donors (Lipinski definition) is 0. The van der Waals surface area contributed by atoms with Crippen LogP contribution in [0.15, 0.2) is 53.6 Å². The number of ether oxygens (including phenoxy) is 2. The van der Waals surface area contributed by atoms with Crippen molar-refractivity contribution in [3.63, 3.8) is 0 Å². The Labute approximate surface area is 155 Å². The molecule has 138 valence electrons. The van der Waals surface area contributed by atoms with Crippen molar-refractivity contribution in [2.45, 2.75) is 13.5 Å². The summed E-state index contributed by atoms with van der Waals surface area (Å²) < 4.78 is 12.2. The molecule has 1 aliphatic heterocycles. The SMILES string of the molecule is Cc1cc2ncn(Cc3ccccc3)c(=O)c2cc1OCN1CCOC1=O. The van der Waals surface area contributed by atoms with Gasteiger partial charge in [-0.15, -0.1) is 0 Å². The average Bonchev–Trinajstić information content (AvgIpc) is 3.08. The molecule has 0 radical (unpaired) electrons. The van der Waals surface area contributed by atoms with Gasteiger partial charge in [-0.25, -0.2) is 9.78 Å². The molecule has 1 saturated heterocycles. The molecule has 0 saturated carbocycles. The summed E-state index contributed by atoms with van der Waals surface area (Å²) in [6.07, 6.45) is 1.18. The topological polar surface area (TPSA) is 73.7 Å². The summed E-state index contributed by atoms with van der Waals surface area (Å²) in [6.45, 7) is 3.29. The Balaban J connectivity index is 1.63. The molecule has 0 aliphatic carbocycles. The molecule has 4 rings (SSSR count). The van der Waals surface area contributed by atoms with Gasteiger partial charge < -0.3 is 9.47 Å². The van der Waals surface area contributed by atoms with Crippen molar-refractivity contribution in [3.8, 4) is 5.75 Å². The zero-order chi connectivity index (χ0) is 18.8. The van der Waals surface area contributed by atoms with E-state index >= 15 is 0 Å². The molecule has 7 nitrogen and oxygen atoms in total. The van der Waals surface area contributed by atoms with Crippen LogP contribution in [0, 0.1) is 6.92 Å². The van der Waals surface area contributed by atoms with Gasteiger partial charge in [-0.1, -0.05) is 30.3 Å². The lowest BCUT2D eigenvalue weighted by Gasteiger charge is -2.16. The van der Waals surface area contributed by atoms with Crippen LogP contribution in [-0.4, -0.2) is 40.4 Å². The third kappa shape index (κ3) is 3.48. The number of fused-ring (bicyclic) bond motifs is 1. The number of rotatable bonds is 5. The second kappa shape index (κ2) is 7.11. The Hall–Kier alpha value is -3.35. The fourth-order valence-corrected chi connectivity index (χ4v) is 3.03. The molecule has 1 aromatic heterocycles. The maximum Gasteiger partial charge on any atom is 0.412 e. The van der Waals surface area contributed by atoms with Gasteiger partial charge in [-0.2, -0.15) is 0 Å². The number of aromatic nitrogens is 2. The van der Waals surface area contributed by atoms with Crippen LogP contribution < -0.4 is 10.3 Å². The van der Waals surface area contributed by atoms with Crippen molar-refractivity contribution in [2.24, 2.45) is 0 Å². The molecule has 0 unspecified atom stereocenters. The number of cyclic esters (lactones) is 1. The Morgan fingerprint density at radius 1 is 1.19 bits per heavy atom. The van der Waals surface area contributed by atoms with Crippen LogP contribution >= 0.6 is 0 Å². The zero-order valence-electron chi connectivity index (χ0n) is 14.9. The van der Waals surface area contributed by atoms with E-state index < -0.39 is 0 Å². The average molecular weight is 365 g/mol. The summed E-state index contributed by atoms with van der Waals surface area (Å²) >= 11 is 0. The van der Waals surface area contributed by atoms with Crippen LogP contribution in [0.1, 0.15) is 11.1 Å². The van der Waals surface area contributed by atoms with Gasteiger partial charge in [-0.05, 0) is 30.2 Å². The number of aryl methyl sites for hydroxylation is 1. The van der Waals surface area contributed by atoms with Crippen LogP contribution in [-0.2, 0) is 11.3 Å². The summed E-state index contributed by atoms with van der Waals surface area (Å²) in [5.41, 5.74) is 2.36. The predicted molar refractivity (Wildman–Crippen MR) is 99.8 cm³/mol. The monoisotopic (exact) mass is 365 g/mol. The number of carbonyl (C=O) groups is 1. The van der Waals surface area contributed by atoms with Crippen molar-refractivity contribution in [1.82, 2.24) is 14.5 Å². The molecule has 1 aliphatic rings. The fraction of sp³-hybridized carbons (Fsp3) is 0.250. The lowest BCUT2D eigenvalue weighted by atomic mass is 10.1. The molecule has 2 heterocycles. The van der Waals surface area contributed by atoms with E-state index in [1.54, 1.807) is 17.0 Å². The highest BCUT2D eigenvalue weighted by molar-refractivity contribution is 5.80. The molecule has 27 heavy (non-hydrogen) atoms. The Bertz CT molecular complexity index is 1050. The Morgan fingerprint density at radius 2 is 2.00 bits per heavy atom. The summed E-state index contributed by atoms with van der Waals surface area (Å²) in [7, 11) is 0. The van der Waals surface area contributed by atoms with E-state index in [4.69, 9.17) is 9.47 Å². The maximum absolute atomic E-state index is 12.9. The number of nitrogens with zero attached hydrogens (tertiary/aromatic N) is 3. The summed E-state index contributed by atoms with van der Waals surface area (Å²) in [5.74, 6) is 0.554. The molecule has 1 amide bonds. The van der Waals surface area contributed by atoms with E-state index in [-0.39, 0.29) is 18.4 Å². The van der Waals surface area contributed by atoms with E-state index in [0.29, 0.717) is 36.3 Å². The van der Waals surface area contributed by atoms with Gasteiger partial charge in [-0.3, -0.25) is 14.3 Å². The second-order valence-electron chi connectivity index (χ2n) is 6.45. The van der Waals surface area contributed by atoms with E-state index in [1.165, 1.54) is 4.90 Å². The minimum absolute atomic E-state index is 0.0870. The highest BCUT2D eigenvalue weighted by Crippen LogP contribution is 2.23. The van der Waals surface area contributed by atoms with E-state index in [2.05, 4.69) is 4.98 Å². The number of amides is 1. The van der Waals surface area contributed by atoms with Gasteiger partial charge in [0.25, 0.3) is 5.56 Å². The van der Waals surface area contributed by atoms with Crippen LogP contribution in [0.5, 0.6) is 5.75 Å². The van der Waals surface area contributed by atoms with E-state index in [9.17, 15) is 9.59 Å². The van der Waals surface area contributed by atoms with Crippen LogP contribution in [0.2, 0.25) is 0 Å². The van der Waals surface area contributed by atoms with Gasteiger partial charge >= 0.3 is 6.09 Å². The predicted octanol–water partition coefficient (Wildman–Crippen LogP) is 2.54. The van der Waals surface area contributed by atoms with Gasteiger partial charge in [0.2, 0.25) is 0 Å². The highest BCUT2D eigenvalue weighted by Gasteiger charge is 2.22. The van der Waals surface area contributed by atoms with Crippen LogP contribution in [0.3, 0.4) is 0 Å². The molecule has 0 spiro atoms. The van der Waals surface area contributed by atoms with Crippen molar-refractivity contribution in [3.05, 3.63) is 70.3 Å². The molecule has 1 fully saturated rings. The molecular weight excluding hydrogens is 346 g/mol. The quantitative estimate of drug-likeness (QED) is 0.695. The smallest absolute Gasteiger partial charge is 0.412 e. The first-order valence-electron chi connectivity index (χ1n) is 8.70. The molecule has 0 bridgehead atoms. The minimum atomic E-state index is -0.389. The first kappa shape index (κ1) is 17.1. The van der Waals surface area contributed by atoms with Crippen molar-refractivity contribution in [1.29, 1.82) is 0 Å². The summed E-state index contributed by atoms with van der Waals surface area (Å²) in [4.78, 5) is 30.3. The molecular formula is C20H19N3O4. The van der Waals surface area contributed by atoms with Crippen molar-refractivity contribution in [2.75, 3.05) is 19.9 Å². The van der Waals surface area contributed by atoms with Crippen molar-refractivity contribution < 1.29 is 14.3 Å². The van der Waals surface area contributed by atoms with Gasteiger partial charge in [0.1, 0.15) is 12.4 Å². The van der Waals surface area contributed by atoms with Crippen molar-refractivity contribution >= 4 is 17.0 Å². The fourth-order valence-electron chi connectivity index (χ4n) is 3.03. The Morgan fingerprint density at radius 3 is 2.74 bits per heavy atom. The lowest BCUT2D eigenvalue weighted by molar-refractivity contribution is 0.128. The van der Waals surface area contributed by atoms with E-state index in [1.807, 2.05) is 43.3 Å². The first-order chi connectivity index (χ1) is 13.1. The van der Waals surface area contributed by atoms with Gasteiger partial charge in [0, 0.05) is 0 Å². The minimum Gasteiger partial charge on any atom is -0.473 e. The van der Waals surface area contributed by atoms with Gasteiger partial charge in [0.15, 0.2) is 6.73 Å². The van der Waals surface area contributed by atoms with Crippen LogP contribution in [0.4, 0.5) is 4.79 Å². The van der Waals surface area contributed by atoms with Gasteiger partial charge in [0.05, 0.1) is 30.3 Å². The maximum atomic E-state index is 12.9. The molecule has 0 atom stereocenters. The molecule has 0 N–H and O–H groups in total. The third-order valence-corrected chi connectivity index (χ3v) is 4.54. The number of hydrogen-bond acceptors (Lipinski definition) is 5. The Kier molecular flexibility index (Phi) is 4.50. The number of carbonyl (C=O) groups excluding carboxylic acids is 1. The van der Waals surface area contributed by atoms with Crippen LogP contribution in [0.25, 0.3) is 10.9 Å². The lowest BCUT2D eigenvalue weighted by Crippen LogP contribution is -2.29. The summed E-state index contributed by atoms with van der Waals surface area (Å²) in [6, 6.07) is 13.3. The first-order valence-corrected chi connectivity index (χ1v) is 8.70. The third-order valence-electron chi connectivity index (χ3n) is 4.54. The number of benzene rings is 2. The highest BCUT2D eigenvalue weighted by atomic mass is 16.6. The standard InChI is InChI=1S/C20H19N3O4/c1-14-9-17-16(10-18(14)27-13-22-7-8-26-20(22)25)19(24)23(12-21-17)11-15-5-3-2-4-6-15/h2-6,9-10,12H,7-8,11,13H2,1H3. The summed E-state index contributed by atoms with van der Waals surface area (Å²) in [5, 5.41) is 0.484. The zero-order valence-corrected chi connectivity index (χ0v) is 14.9. The second-order valence-corrected chi connectivity index (χ2v) is 6.45. The molecule has 7 heteroatoms. The molecule has 2 aromatic carbocycles. The largest absolute Gasteiger partial charge is 0.473 e. The molecule has 3 aromatic rings.